The Morgan fingerprint density at radius 1 is 1.20 bits per heavy atom. The molecule has 0 saturated carbocycles. The largest absolute Gasteiger partial charge is 0.495 e. The summed E-state index contributed by atoms with van der Waals surface area (Å²) in [5, 5.41) is 0. The van der Waals surface area contributed by atoms with Crippen molar-refractivity contribution in [1.82, 2.24) is 0 Å². The number of aliphatic imine (C=N–C) groups is 1. The van der Waals surface area contributed by atoms with E-state index in [0.29, 0.717) is 18.0 Å². The zero-order valence-electron chi connectivity index (χ0n) is 14.0. The third kappa shape index (κ3) is 4.45. The third-order valence-corrected chi connectivity index (χ3v) is 4.24. The molecule has 0 atom stereocenters. The molecule has 0 aromatic heterocycles. The molecule has 2 rings (SSSR count). The number of carbonyl (C=O) groups is 1. The van der Waals surface area contributed by atoms with Crippen molar-refractivity contribution < 1.29 is 9.53 Å². The summed E-state index contributed by atoms with van der Waals surface area (Å²) >= 11 is 3.44. The maximum atomic E-state index is 11.6. The lowest BCUT2D eigenvalue weighted by Crippen LogP contribution is -2.24. The van der Waals surface area contributed by atoms with Crippen LogP contribution >= 0.6 is 15.9 Å². The Balaban J connectivity index is 2.28. The molecule has 0 saturated heterocycles. The van der Waals surface area contributed by atoms with Crippen LogP contribution in [0.15, 0.2) is 59.0 Å². The van der Waals surface area contributed by atoms with E-state index in [-0.39, 0.29) is 0 Å². The predicted molar refractivity (Wildman–Crippen MR) is 109 cm³/mol. The molecule has 0 bridgehead atoms. The van der Waals surface area contributed by atoms with Crippen molar-refractivity contribution in [3.05, 3.63) is 65.2 Å². The molecule has 0 unspecified atom stereocenters. The van der Waals surface area contributed by atoms with Crippen LogP contribution in [0.5, 0.6) is 5.75 Å². The fourth-order valence-corrected chi connectivity index (χ4v) is 2.85. The van der Waals surface area contributed by atoms with Crippen LogP contribution in [0.3, 0.4) is 0 Å². The standard InChI is InChI=1S/C20H19BrN2O2/c1-4-15-8-6-7-9-18(15)22-10-11-23(14-24)19-13-20(25-3)17(21)12-16(19)5-2/h4-10,12-14H,1-2,11H2,3H3/b22-10+. The zero-order valence-corrected chi connectivity index (χ0v) is 15.6. The van der Waals surface area contributed by atoms with E-state index in [2.05, 4.69) is 34.1 Å². The monoisotopic (exact) mass is 398 g/mol. The summed E-state index contributed by atoms with van der Waals surface area (Å²) in [6, 6.07) is 11.3. The topological polar surface area (TPSA) is 41.9 Å². The van der Waals surface area contributed by atoms with Gasteiger partial charge in [-0.2, -0.15) is 0 Å². The summed E-state index contributed by atoms with van der Waals surface area (Å²) in [5.74, 6) is 0.640. The van der Waals surface area contributed by atoms with Crippen molar-refractivity contribution in [2.24, 2.45) is 4.99 Å². The van der Waals surface area contributed by atoms with Gasteiger partial charge >= 0.3 is 0 Å². The number of amides is 1. The molecule has 5 heteroatoms. The number of benzene rings is 2. The second kappa shape index (κ2) is 8.99. The van der Waals surface area contributed by atoms with Crippen LogP contribution in [0.2, 0.25) is 0 Å². The third-order valence-electron chi connectivity index (χ3n) is 3.62. The molecule has 0 aliphatic carbocycles. The first kappa shape index (κ1) is 18.7. The normalized spacial score (nSPS) is 10.5. The Hall–Kier alpha value is -2.66. The first-order chi connectivity index (χ1) is 12.1. The molecule has 0 aliphatic rings. The van der Waals surface area contributed by atoms with Crippen molar-refractivity contribution in [3.8, 4) is 5.75 Å². The van der Waals surface area contributed by atoms with Gasteiger partial charge in [0.1, 0.15) is 5.75 Å². The highest BCUT2D eigenvalue weighted by molar-refractivity contribution is 9.10. The summed E-state index contributed by atoms with van der Waals surface area (Å²) in [5.41, 5.74) is 3.27. The SMILES string of the molecule is C=Cc1ccccc1/N=C/CN(C=O)c1cc(OC)c(Br)cc1C=C. The number of ether oxygens (including phenoxy) is 1. The molecule has 2 aromatic carbocycles. The molecule has 4 nitrogen and oxygen atoms in total. The number of hydrogen-bond acceptors (Lipinski definition) is 3. The average molecular weight is 399 g/mol. The van der Waals surface area contributed by atoms with Crippen LogP contribution in [0.25, 0.3) is 12.2 Å². The van der Waals surface area contributed by atoms with E-state index in [1.54, 1.807) is 36.4 Å². The van der Waals surface area contributed by atoms with E-state index in [4.69, 9.17) is 4.74 Å². The lowest BCUT2D eigenvalue weighted by Gasteiger charge is -2.19. The van der Waals surface area contributed by atoms with Gasteiger partial charge in [0.2, 0.25) is 6.41 Å². The minimum atomic E-state index is 0.320. The van der Waals surface area contributed by atoms with Crippen LogP contribution in [-0.2, 0) is 4.79 Å². The Labute approximate surface area is 156 Å². The lowest BCUT2D eigenvalue weighted by atomic mass is 10.1. The Bertz CT molecular complexity index is 815. The fraction of sp³-hybridized carbons (Fsp3) is 0.100. The molecule has 0 heterocycles. The van der Waals surface area contributed by atoms with Gasteiger partial charge in [-0.1, -0.05) is 43.5 Å². The minimum absolute atomic E-state index is 0.320. The maximum Gasteiger partial charge on any atom is 0.214 e. The lowest BCUT2D eigenvalue weighted by molar-refractivity contribution is -0.107. The molecule has 2 aromatic rings. The van der Waals surface area contributed by atoms with Gasteiger partial charge in [0, 0.05) is 12.3 Å². The van der Waals surface area contributed by atoms with Crippen LogP contribution in [0.1, 0.15) is 11.1 Å². The van der Waals surface area contributed by atoms with Gasteiger partial charge in [0.15, 0.2) is 0 Å². The van der Waals surface area contributed by atoms with Crippen LogP contribution in [0.4, 0.5) is 11.4 Å². The van der Waals surface area contributed by atoms with Crippen LogP contribution in [-0.4, -0.2) is 26.3 Å². The van der Waals surface area contributed by atoms with Crippen molar-refractivity contribution in [1.29, 1.82) is 0 Å². The molecule has 0 N–H and O–H groups in total. The number of hydrogen-bond donors (Lipinski definition) is 0. The number of carbonyl (C=O) groups excluding carboxylic acids is 1. The second-order valence-corrected chi connectivity index (χ2v) is 5.94. The number of methoxy groups -OCH3 is 1. The van der Waals surface area contributed by atoms with Crippen LogP contribution in [0, 0.1) is 0 Å². The highest BCUT2D eigenvalue weighted by atomic mass is 79.9. The fourth-order valence-electron chi connectivity index (χ4n) is 2.33. The number of nitrogens with zero attached hydrogens (tertiary/aromatic N) is 2. The van der Waals surface area contributed by atoms with E-state index in [0.717, 1.165) is 27.7 Å². The molecule has 25 heavy (non-hydrogen) atoms. The first-order valence-corrected chi connectivity index (χ1v) is 8.39. The molecular formula is C20H19BrN2O2. The van der Waals surface area contributed by atoms with Crippen molar-refractivity contribution in [3.63, 3.8) is 0 Å². The van der Waals surface area contributed by atoms with Crippen molar-refractivity contribution in [2.45, 2.75) is 0 Å². The van der Waals surface area contributed by atoms with Crippen molar-refractivity contribution in [2.75, 3.05) is 18.6 Å². The van der Waals surface area contributed by atoms with Gasteiger partial charge in [-0.15, -0.1) is 0 Å². The van der Waals surface area contributed by atoms with Gasteiger partial charge in [-0.05, 0) is 39.2 Å². The Morgan fingerprint density at radius 3 is 2.56 bits per heavy atom. The maximum absolute atomic E-state index is 11.6. The van der Waals surface area contributed by atoms with Gasteiger partial charge < -0.3 is 9.64 Å². The van der Waals surface area contributed by atoms with Gasteiger partial charge in [-0.25, -0.2) is 0 Å². The zero-order chi connectivity index (χ0) is 18.2. The average Bonchev–Trinajstić information content (AvgIpc) is 2.65. The highest BCUT2D eigenvalue weighted by Crippen LogP contribution is 2.33. The van der Waals surface area contributed by atoms with E-state index in [9.17, 15) is 4.79 Å². The Kier molecular flexibility index (Phi) is 6.71. The Morgan fingerprint density at radius 2 is 1.92 bits per heavy atom. The summed E-state index contributed by atoms with van der Waals surface area (Å²) in [6.45, 7) is 7.91. The molecule has 0 fully saturated rings. The molecule has 1 amide bonds. The summed E-state index contributed by atoms with van der Waals surface area (Å²) in [7, 11) is 1.58. The van der Waals surface area contributed by atoms with Crippen LogP contribution < -0.4 is 9.64 Å². The van der Waals surface area contributed by atoms with Crippen molar-refractivity contribution >= 4 is 52.1 Å². The first-order valence-electron chi connectivity index (χ1n) is 7.60. The summed E-state index contributed by atoms with van der Waals surface area (Å²) in [4.78, 5) is 17.6. The smallest absolute Gasteiger partial charge is 0.214 e. The number of rotatable bonds is 8. The van der Waals surface area contributed by atoms with Gasteiger partial charge in [0.25, 0.3) is 0 Å². The molecule has 0 radical (unpaired) electrons. The molecule has 0 spiro atoms. The summed E-state index contributed by atoms with van der Waals surface area (Å²) < 4.78 is 6.11. The van der Waals surface area contributed by atoms with E-state index in [1.807, 2.05) is 30.3 Å². The van der Waals surface area contributed by atoms with E-state index < -0.39 is 0 Å². The second-order valence-electron chi connectivity index (χ2n) is 5.08. The van der Waals surface area contributed by atoms with Gasteiger partial charge in [0.05, 0.1) is 29.5 Å². The predicted octanol–water partition coefficient (Wildman–Crippen LogP) is 5.11. The number of halogens is 1. The highest BCUT2D eigenvalue weighted by Gasteiger charge is 2.12. The number of anilines is 1. The number of para-hydroxylation sites is 1. The van der Waals surface area contributed by atoms with Gasteiger partial charge in [-0.3, -0.25) is 9.79 Å². The molecular weight excluding hydrogens is 380 g/mol. The van der Waals surface area contributed by atoms with E-state index >= 15 is 0 Å². The molecule has 128 valence electrons. The van der Waals surface area contributed by atoms with E-state index in [1.165, 1.54) is 0 Å². The molecule has 0 aliphatic heterocycles. The quantitative estimate of drug-likeness (QED) is 0.457. The summed E-state index contributed by atoms with van der Waals surface area (Å²) in [6.07, 6.45) is 5.90. The minimum Gasteiger partial charge on any atom is -0.495 e.